The minimum Gasteiger partial charge on any atom is -0.478 e. The molecular weight excluding hydrogens is 262 g/mol. The average Bonchev–Trinajstić information content (AvgIpc) is 2.29. The molecule has 19 heavy (non-hydrogen) atoms. The lowest BCUT2D eigenvalue weighted by atomic mass is 9.85. The van der Waals surface area contributed by atoms with Crippen LogP contribution in [0.4, 0.5) is 5.69 Å². The van der Waals surface area contributed by atoms with Crippen LogP contribution in [0.25, 0.3) is 0 Å². The molecule has 0 bridgehead atoms. The van der Waals surface area contributed by atoms with Gasteiger partial charge >= 0.3 is 5.97 Å². The summed E-state index contributed by atoms with van der Waals surface area (Å²) in [7, 11) is 0. The van der Waals surface area contributed by atoms with E-state index in [2.05, 4.69) is 33.0 Å². The standard InChI is InChI=1S/C15H22ClNO2/c1-9(2)13(10(3)4)8-17-14-6-5-11(16)7-12(14)15(18)19/h5-7,9-10,13,17H,8H2,1-4H3,(H,18,19). The second kappa shape index (κ2) is 6.80. The van der Waals surface area contributed by atoms with Gasteiger partial charge in [0.15, 0.2) is 0 Å². The highest BCUT2D eigenvalue weighted by Gasteiger charge is 2.18. The molecule has 0 aromatic heterocycles. The number of benzene rings is 1. The summed E-state index contributed by atoms with van der Waals surface area (Å²) in [5.41, 5.74) is 0.849. The number of rotatable bonds is 6. The molecule has 3 nitrogen and oxygen atoms in total. The van der Waals surface area contributed by atoms with Crippen molar-refractivity contribution in [3.63, 3.8) is 0 Å². The van der Waals surface area contributed by atoms with Gasteiger partial charge in [0.05, 0.1) is 5.56 Å². The molecule has 0 aliphatic rings. The molecule has 1 aromatic carbocycles. The highest BCUT2D eigenvalue weighted by molar-refractivity contribution is 6.31. The minimum absolute atomic E-state index is 0.221. The predicted octanol–water partition coefficient (Wildman–Crippen LogP) is 4.38. The summed E-state index contributed by atoms with van der Waals surface area (Å²) >= 11 is 5.83. The van der Waals surface area contributed by atoms with E-state index >= 15 is 0 Å². The van der Waals surface area contributed by atoms with Gasteiger partial charge in [-0.2, -0.15) is 0 Å². The SMILES string of the molecule is CC(C)C(CNc1ccc(Cl)cc1C(=O)O)C(C)C. The molecule has 0 amide bonds. The Morgan fingerprint density at radius 2 is 1.84 bits per heavy atom. The van der Waals surface area contributed by atoms with Crippen LogP contribution >= 0.6 is 11.6 Å². The van der Waals surface area contributed by atoms with E-state index in [1.165, 1.54) is 6.07 Å². The van der Waals surface area contributed by atoms with Crippen molar-refractivity contribution in [3.05, 3.63) is 28.8 Å². The van der Waals surface area contributed by atoms with E-state index in [9.17, 15) is 9.90 Å². The maximum Gasteiger partial charge on any atom is 0.337 e. The predicted molar refractivity (Wildman–Crippen MR) is 80.1 cm³/mol. The largest absolute Gasteiger partial charge is 0.478 e. The summed E-state index contributed by atoms with van der Waals surface area (Å²) < 4.78 is 0. The van der Waals surface area contributed by atoms with Gasteiger partial charge in [0.25, 0.3) is 0 Å². The molecule has 0 unspecified atom stereocenters. The van der Waals surface area contributed by atoms with Gasteiger partial charge in [-0.1, -0.05) is 39.3 Å². The first kappa shape index (κ1) is 15.8. The van der Waals surface area contributed by atoms with Gasteiger partial charge in [-0.25, -0.2) is 4.79 Å². The number of anilines is 1. The first-order chi connectivity index (χ1) is 8.82. The number of halogens is 1. The summed E-state index contributed by atoms with van der Waals surface area (Å²) in [6.07, 6.45) is 0. The number of nitrogens with one attached hydrogen (secondary N) is 1. The molecule has 1 rings (SSSR count). The van der Waals surface area contributed by atoms with E-state index in [1.54, 1.807) is 12.1 Å². The molecule has 106 valence electrons. The lowest BCUT2D eigenvalue weighted by molar-refractivity contribution is 0.0698. The average molecular weight is 284 g/mol. The molecule has 0 fully saturated rings. The topological polar surface area (TPSA) is 49.3 Å². The lowest BCUT2D eigenvalue weighted by Crippen LogP contribution is -2.25. The minimum atomic E-state index is -0.962. The number of aromatic carboxylic acids is 1. The Labute approximate surface area is 120 Å². The third-order valence-corrected chi connectivity index (χ3v) is 3.69. The number of carbonyl (C=O) groups is 1. The van der Waals surface area contributed by atoms with Crippen molar-refractivity contribution >= 4 is 23.3 Å². The maximum atomic E-state index is 11.2. The van der Waals surface area contributed by atoms with E-state index < -0.39 is 5.97 Å². The summed E-state index contributed by atoms with van der Waals surface area (Å²) in [6.45, 7) is 9.51. The van der Waals surface area contributed by atoms with Crippen molar-refractivity contribution < 1.29 is 9.90 Å². The van der Waals surface area contributed by atoms with E-state index in [-0.39, 0.29) is 5.56 Å². The molecule has 0 radical (unpaired) electrons. The quantitative estimate of drug-likeness (QED) is 0.814. The zero-order chi connectivity index (χ0) is 14.6. The Bertz CT molecular complexity index is 436. The molecule has 4 heteroatoms. The van der Waals surface area contributed by atoms with E-state index in [1.807, 2.05) is 0 Å². The molecule has 0 aliphatic carbocycles. The number of hydrogen-bond acceptors (Lipinski definition) is 2. The first-order valence-corrected chi connectivity index (χ1v) is 6.97. The van der Waals surface area contributed by atoms with Crippen LogP contribution in [0.5, 0.6) is 0 Å². The molecule has 0 saturated heterocycles. The Morgan fingerprint density at radius 3 is 2.32 bits per heavy atom. The summed E-state index contributed by atoms with van der Waals surface area (Å²) in [5.74, 6) is 0.633. The zero-order valence-electron chi connectivity index (χ0n) is 11.9. The van der Waals surface area contributed by atoms with Gasteiger partial charge < -0.3 is 10.4 Å². The van der Waals surface area contributed by atoms with Gasteiger partial charge in [-0.3, -0.25) is 0 Å². The molecule has 0 atom stereocenters. The number of carboxylic acid groups (broad SMARTS) is 1. The normalized spacial score (nSPS) is 11.4. The van der Waals surface area contributed by atoms with Crippen molar-refractivity contribution in [2.75, 3.05) is 11.9 Å². The second-order valence-electron chi connectivity index (χ2n) is 5.53. The Balaban J connectivity index is 2.85. The van der Waals surface area contributed by atoms with Crippen LogP contribution in [0.3, 0.4) is 0 Å². The first-order valence-electron chi connectivity index (χ1n) is 6.59. The summed E-state index contributed by atoms with van der Waals surface area (Å²) in [6, 6.07) is 4.91. The van der Waals surface area contributed by atoms with E-state index in [0.717, 1.165) is 6.54 Å². The molecule has 0 heterocycles. The fraction of sp³-hybridized carbons (Fsp3) is 0.533. The van der Waals surface area contributed by atoms with Crippen LogP contribution in [0.1, 0.15) is 38.1 Å². The van der Waals surface area contributed by atoms with Crippen molar-refractivity contribution in [3.8, 4) is 0 Å². The highest BCUT2D eigenvalue weighted by atomic mass is 35.5. The number of carboxylic acids is 1. The highest BCUT2D eigenvalue weighted by Crippen LogP contribution is 2.24. The van der Waals surface area contributed by atoms with Crippen molar-refractivity contribution in [1.29, 1.82) is 0 Å². The smallest absolute Gasteiger partial charge is 0.337 e. The van der Waals surface area contributed by atoms with E-state index in [0.29, 0.717) is 28.5 Å². The second-order valence-corrected chi connectivity index (χ2v) is 5.96. The third kappa shape index (κ3) is 4.43. The van der Waals surface area contributed by atoms with Crippen molar-refractivity contribution in [2.24, 2.45) is 17.8 Å². The summed E-state index contributed by atoms with van der Waals surface area (Å²) in [4.78, 5) is 11.2. The molecular formula is C15H22ClNO2. The van der Waals surface area contributed by atoms with Crippen molar-refractivity contribution in [1.82, 2.24) is 0 Å². The van der Waals surface area contributed by atoms with Gasteiger partial charge in [0.1, 0.15) is 0 Å². The summed E-state index contributed by atoms with van der Waals surface area (Å²) in [5, 5.41) is 12.9. The zero-order valence-corrected chi connectivity index (χ0v) is 12.7. The Kier molecular flexibility index (Phi) is 5.67. The van der Waals surface area contributed by atoms with Crippen LogP contribution in [0.2, 0.25) is 5.02 Å². The van der Waals surface area contributed by atoms with E-state index in [4.69, 9.17) is 11.6 Å². The third-order valence-electron chi connectivity index (χ3n) is 3.45. The molecule has 1 aromatic rings. The maximum absolute atomic E-state index is 11.2. The van der Waals surface area contributed by atoms with Crippen LogP contribution in [0.15, 0.2) is 18.2 Å². The molecule has 2 N–H and O–H groups in total. The van der Waals surface area contributed by atoms with Gasteiger partial charge in [0.2, 0.25) is 0 Å². The molecule has 0 aliphatic heterocycles. The van der Waals surface area contributed by atoms with Crippen LogP contribution in [-0.4, -0.2) is 17.6 Å². The molecule has 0 saturated carbocycles. The van der Waals surface area contributed by atoms with Gasteiger partial charge in [0, 0.05) is 17.3 Å². The van der Waals surface area contributed by atoms with Crippen LogP contribution in [0, 0.1) is 17.8 Å². The Hall–Kier alpha value is -1.22. The van der Waals surface area contributed by atoms with Gasteiger partial charge in [-0.15, -0.1) is 0 Å². The fourth-order valence-corrected chi connectivity index (χ4v) is 2.49. The van der Waals surface area contributed by atoms with Crippen LogP contribution < -0.4 is 5.32 Å². The number of hydrogen-bond donors (Lipinski definition) is 2. The van der Waals surface area contributed by atoms with Crippen molar-refractivity contribution in [2.45, 2.75) is 27.7 Å². The molecule has 0 spiro atoms. The van der Waals surface area contributed by atoms with Gasteiger partial charge in [-0.05, 0) is 36.0 Å². The fourth-order valence-electron chi connectivity index (χ4n) is 2.32. The monoisotopic (exact) mass is 283 g/mol. The Morgan fingerprint density at radius 1 is 1.26 bits per heavy atom. The lowest BCUT2D eigenvalue weighted by Gasteiger charge is -2.26. The van der Waals surface area contributed by atoms with Crippen LogP contribution in [-0.2, 0) is 0 Å².